The smallest absolute Gasteiger partial charge is 0.241 e. The second-order valence-corrected chi connectivity index (χ2v) is 5.39. The molecule has 2 rings (SSSR count). The minimum absolute atomic E-state index is 0.0691. The average molecular weight is 300 g/mol. The van der Waals surface area contributed by atoms with Gasteiger partial charge in [0.05, 0.1) is 18.5 Å². The molecule has 1 aliphatic heterocycles. The molecule has 1 heterocycles. The normalized spacial score (nSPS) is 18.5. The Morgan fingerprint density at radius 1 is 1.41 bits per heavy atom. The molecule has 22 heavy (non-hydrogen) atoms. The van der Waals surface area contributed by atoms with Crippen LogP contribution in [-0.4, -0.2) is 35.3 Å². The molecule has 0 aliphatic carbocycles. The van der Waals surface area contributed by atoms with Crippen LogP contribution in [0.15, 0.2) is 30.3 Å². The summed E-state index contributed by atoms with van der Waals surface area (Å²) in [6, 6.07) is 10.3. The second-order valence-electron chi connectivity index (χ2n) is 5.39. The minimum atomic E-state index is -0.898. The Hall–Kier alpha value is -2.39. The molecule has 0 bridgehead atoms. The molecule has 1 aromatic carbocycles. The van der Waals surface area contributed by atoms with Gasteiger partial charge < -0.3 is 16.0 Å². The Morgan fingerprint density at radius 3 is 2.82 bits per heavy atom. The van der Waals surface area contributed by atoms with E-state index in [2.05, 4.69) is 11.4 Å². The topological polar surface area (TPSA) is 99.2 Å². The number of hydrogen-bond donors (Lipinski definition) is 2. The number of nitrogens with two attached hydrogens (primary N) is 1. The van der Waals surface area contributed by atoms with Crippen molar-refractivity contribution in [2.24, 2.45) is 5.73 Å². The Morgan fingerprint density at radius 2 is 2.14 bits per heavy atom. The third-order valence-corrected chi connectivity index (χ3v) is 3.74. The monoisotopic (exact) mass is 300 g/mol. The van der Waals surface area contributed by atoms with Crippen molar-refractivity contribution < 1.29 is 9.59 Å². The van der Waals surface area contributed by atoms with Crippen LogP contribution in [0.4, 0.5) is 0 Å². The van der Waals surface area contributed by atoms with E-state index in [1.54, 1.807) is 0 Å². The molecule has 1 fully saturated rings. The van der Waals surface area contributed by atoms with E-state index in [-0.39, 0.29) is 18.2 Å². The number of hydrogen-bond acceptors (Lipinski definition) is 4. The summed E-state index contributed by atoms with van der Waals surface area (Å²) < 4.78 is 0. The molecule has 1 aliphatic rings. The summed E-state index contributed by atoms with van der Waals surface area (Å²) in [4.78, 5) is 25.5. The van der Waals surface area contributed by atoms with E-state index in [1.165, 1.54) is 4.90 Å². The molecule has 3 N–H and O–H groups in total. The van der Waals surface area contributed by atoms with Gasteiger partial charge in [-0.3, -0.25) is 9.59 Å². The van der Waals surface area contributed by atoms with Crippen LogP contribution < -0.4 is 11.1 Å². The van der Waals surface area contributed by atoms with E-state index in [9.17, 15) is 9.59 Å². The SMILES string of the molecule is N#CC1CCCN1C(=O)C(N)CC(=O)NCc1ccccc1. The van der Waals surface area contributed by atoms with Crippen molar-refractivity contribution in [2.75, 3.05) is 6.54 Å². The summed E-state index contributed by atoms with van der Waals surface area (Å²) in [5, 5.41) is 11.7. The Balaban J connectivity index is 1.81. The number of amides is 2. The summed E-state index contributed by atoms with van der Waals surface area (Å²) in [5.41, 5.74) is 6.81. The summed E-state index contributed by atoms with van der Waals surface area (Å²) in [5.74, 6) is -0.587. The number of likely N-dealkylation sites (tertiary alicyclic amines) is 1. The van der Waals surface area contributed by atoms with E-state index < -0.39 is 12.1 Å². The van der Waals surface area contributed by atoms with Gasteiger partial charge in [0.15, 0.2) is 0 Å². The lowest BCUT2D eigenvalue weighted by molar-refractivity contribution is -0.135. The van der Waals surface area contributed by atoms with Gasteiger partial charge in [-0.2, -0.15) is 5.26 Å². The molecule has 2 atom stereocenters. The zero-order chi connectivity index (χ0) is 15.9. The third-order valence-electron chi connectivity index (χ3n) is 3.74. The van der Waals surface area contributed by atoms with Gasteiger partial charge in [0.2, 0.25) is 11.8 Å². The summed E-state index contributed by atoms with van der Waals surface area (Å²) in [6.45, 7) is 0.946. The zero-order valence-electron chi connectivity index (χ0n) is 12.4. The predicted octanol–water partition coefficient (Wildman–Crippen LogP) is 0.535. The largest absolute Gasteiger partial charge is 0.352 e. The predicted molar refractivity (Wildman–Crippen MR) is 81.2 cm³/mol. The van der Waals surface area contributed by atoms with Crippen LogP contribution >= 0.6 is 0 Å². The Bertz CT molecular complexity index is 567. The lowest BCUT2D eigenvalue weighted by Crippen LogP contribution is -2.47. The highest BCUT2D eigenvalue weighted by molar-refractivity contribution is 5.88. The third kappa shape index (κ3) is 4.06. The lowest BCUT2D eigenvalue weighted by atomic mass is 10.1. The first-order valence-electron chi connectivity index (χ1n) is 7.38. The van der Waals surface area contributed by atoms with Gasteiger partial charge in [-0.25, -0.2) is 0 Å². The van der Waals surface area contributed by atoms with Crippen molar-refractivity contribution >= 4 is 11.8 Å². The maximum absolute atomic E-state index is 12.2. The van der Waals surface area contributed by atoms with Gasteiger partial charge in [-0.15, -0.1) is 0 Å². The van der Waals surface area contributed by atoms with Crippen LogP contribution in [0, 0.1) is 11.3 Å². The molecule has 2 unspecified atom stereocenters. The standard InChI is InChI=1S/C16H20N4O2/c17-10-13-7-4-8-20(13)16(22)14(18)9-15(21)19-11-12-5-2-1-3-6-12/h1-3,5-6,13-14H,4,7-9,11,18H2,(H,19,21). The van der Waals surface area contributed by atoms with Crippen LogP contribution in [0.2, 0.25) is 0 Å². The molecule has 6 heteroatoms. The highest BCUT2D eigenvalue weighted by atomic mass is 16.2. The second kappa shape index (κ2) is 7.57. The fraction of sp³-hybridized carbons (Fsp3) is 0.438. The fourth-order valence-electron chi connectivity index (χ4n) is 2.53. The first kappa shape index (κ1) is 16.0. The van der Waals surface area contributed by atoms with Crippen molar-refractivity contribution in [3.63, 3.8) is 0 Å². The number of nitrogens with zero attached hydrogens (tertiary/aromatic N) is 2. The van der Waals surface area contributed by atoms with Gasteiger partial charge in [0.1, 0.15) is 6.04 Å². The molecular formula is C16H20N4O2. The molecule has 6 nitrogen and oxygen atoms in total. The van der Waals surface area contributed by atoms with Crippen LogP contribution in [0.25, 0.3) is 0 Å². The quantitative estimate of drug-likeness (QED) is 0.828. The van der Waals surface area contributed by atoms with E-state index in [1.807, 2.05) is 30.3 Å². The number of nitriles is 1. The van der Waals surface area contributed by atoms with Crippen molar-refractivity contribution in [3.8, 4) is 6.07 Å². The molecule has 0 saturated carbocycles. The molecule has 0 spiro atoms. The molecule has 2 amide bonds. The van der Waals surface area contributed by atoms with Gasteiger partial charge in [0.25, 0.3) is 0 Å². The fourth-order valence-corrected chi connectivity index (χ4v) is 2.53. The van der Waals surface area contributed by atoms with E-state index in [0.29, 0.717) is 19.5 Å². The maximum Gasteiger partial charge on any atom is 0.241 e. The highest BCUT2D eigenvalue weighted by Crippen LogP contribution is 2.17. The molecular weight excluding hydrogens is 280 g/mol. The van der Waals surface area contributed by atoms with Gasteiger partial charge in [-0.05, 0) is 18.4 Å². The number of benzene rings is 1. The molecule has 1 saturated heterocycles. The number of carbonyl (C=O) groups is 2. The number of nitrogens with one attached hydrogen (secondary N) is 1. The molecule has 1 aromatic rings. The van der Waals surface area contributed by atoms with Crippen LogP contribution in [0.3, 0.4) is 0 Å². The highest BCUT2D eigenvalue weighted by Gasteiger charge is 2.32. The van der Waals surface area contributed by atoms with Crippen molar-refractivity contribution in [3.05, 3.63) is 35.9 Å². The van der Waals surface area contributed by atoms with Crippen LogP contribution in [0.1, 0.15) is 24.8 Å². The van der Waals surface area contributed by atoms with Crippen LogP contribution in [-0.2, 0) is 16.1 Å². The van der Waals surface area contributed by atoms with E-state index in [4.69, 9.17) is 11.0 Å². The van der Waals surface area contributed by atoms with Crippen LogP contribution in [0.5, 0.6) is 0 Å². The average Bonchev–Trinajstić information content (AvgIpc) is 3.01. The van der Waals surface area contributed by atoms with Crippen molar-refractivity contribution in [1.82, 2.24) is 10.2 Å². The van der Waals surface area contributed by atoms with E-state index in [0.717, 1.165) is 12.0 Å². The summed E-state index contributed by atoms with van der Waals surface area (Å²) in [6.07, 6.45) is 1.41. The Kier molecular flexibility index (Phi) is 5.50. The minimum Gasteiger partial charge on any atom is -0.352 e. The molecule has 0 radical (unpaired) electrons. The Labute approximate surface area is 129 Å². The molecule has 116 valence electrons. The van der Waals surface area contributed by atoms with Gasteiger partial charge in [-0.1, -0.05) is 30.3 Å². The maximum atomic E-state index is 12.2. The lowest BCUT2D eigenvalue weighted by Gasteiger charge is -2.23. The van der Waals surface area contributed by atoms with E-state index >= 15 is 0 Å². The number of carbonyl (C=O) groups excluding carboxylic acids is 2. The van der Waals surface area contributed by atoms with Crippen molar-refractivity contribution in [2.45, 2.75) is 37.9 Å². The van der Waals surface area contributed by atoms with Gasteiger partial charge >= 0.3 is 0 Å². The molecule has 0 aromatic heterocycles. The summed E-state index contributed by atoms with van der Waals surface area (Å²) >= 11 is 0. The first-order chi connectivity index (χ1) is 10.6. The van der Waals surface area contributed by atoms with Gasteiger partial charge in [0, 0.05) is 13.1 Å². The zero-order valence-corrected chi connectivity index (χ0v) is 12.4. The van der Waals surface area contributed by atoms with Crippen molar-refractivity contribution in [1.29, 1.82) is 5.26 Å². The summed E-state index contributed by atoms with van der Waals surface area (Å²) in [7, 11) is 0. The number of rotatable bonds is 5. The first-order valence-corrected chi connectivity index (χ1v) is 7.38.